The Kier molecular flexibility index (Phi) is 5.55. The summed E-state index contributed by atoms with van der Waals surface area (Å²) in [6.45, 7) is 1.96. The van der Waals surface area contributed by atoms with E-state index in [1.165, 1.54) is 16.0 Å². The number of Topliss-reactive ketones (excluding diaryl/α,β-unsaturated/α-hetero) is 1. The highest BCUT2D eigenvalue weighted by Gasteiger charge is 2.47. The molecule has 5 rings (SSSR count). The molecule has 0 aromatic heterocycles. The fraction of sp³-hybridized carbons (Fsp3) is 0.214. The molecule has 3 aromatic rings. The van der Waals surface area contributed by atoms with Crippen molar-refractivity contribution >= 4 is 34.7 Å². The lowest BCUT2D eigenvalue weighted by molar-refractivity contribution is -0.132. The molecule has 0 spiro atoms. The van der Waals surface area contributed by atoms with E-state index < -0.39 is 17.7 Å². The molecule has 1 atom stereocenters. The molecule has 1 fully saturated rings. The van der Waals surface area contributed by atoms with Crippen LogP contribution in [0.3, 0.4) is 0 Å². The monoisotopic (exact) mass is 457 g/mol. The van der Waals surface area contributed by atoms with E-state index in [9.17, 15) is 14.7 Å². The normalized spacial score (nSPS) is 19.6. The van der Waals surface area contributed by atoms with E-state index >= 15 is 0 Å². The predicted molar refractivity (Wildman–Crippen MR) is 130 cm³/mol. The van der Waals surface area contributed by atoms with Gasteiger partial charge in [-0.3, -0.25) is 14.5 Å². The van der Waals surface area contributed by atoms with E-state index in [0.717, 1.165) is 36.8 Å². The van der Waals surface area contributed by atoms with Gasteiger partial charge < -0.3 is 5.11 Å². The van der Waals surface area contributed by atoms with Gasteiger partial charge in [-0.05, 0) is 73.6 Å². The van der Waals surface area contributed by atoms with Gasteiger partial charge in [0.15, 0.2) is 0 Å². The van der Waals surface area contributed by atoms with Crippen LogP contribution in [0.2, 0.25) is 5.02 Å². The molecule has 1 aliphatic heterocycles. The molecule has 1 amide bonds. The molecule has 0 radical (unpaired) electrons. The Balaban J connectivity index is 1.71. The molecule has 33 heavy (non-hydrogen) atoms. The highest BCUT2D eigenvalue weighted by Crippen LogP contribution is 2.43. The maximum absolute atomic E-state index is 13.3. The van der Waals surface area contributed by atoms with Gasteiger partial charge in [0.05, 0.1) is 11.6 Å². The number of fused-ring (bicyclic) bond motifs is 1. The highest BCUT2D eigenvalue weighted by atomic mass is 35.5. The number of rotatable bonds is 3. The molecule has 1 heterocycles. The fourth-order valence-corrected chi connectivity index (χ4v) is 5.10. The standard InChI is InChI=1S/C28H24ClNO3/c1-17-6-4-9-20(14-17)25-24(26(31)21-13-12-18-7-2-3-8-19(18)15-21)27(32)28(33)30(25)23-11-5-10-22(29)16-23/h4-6,9-16,25,31H,2-3,7-8H2,1H3/b26-24-. The number of hydrogen-bond donors (Lipinski definition) is 1. The number of aliphatic hydroxyl groups excluding tert-OH is 1. The van der Waals surface area contributed by atoms with Gasteiger partial charge in [-0.25, -0.2) is 0 Å². The molecule has 5 heteroatoms. The van der Waals surface area contributed by atoms with E-state index in [1.807, 2.05) is 49.4 Å². The summed E-state index contributed by atoms with van der Waals surface area (Å²) < 4.78 is 0. The van der Waals surface area contributed by atoms with E-state index in [-0.39, 0.29) is 11.3 Å². The van der Waals surface area contributed by atoms with Gasteiger partial charge in [-0.1, -0.05) is 59.6 Å². The Morgan fingerprint density at radius 1 is 0.939 bits per heavy atom. The zero-order valence-corrected chi connectivity index (χ0v) is 19.1. The Morgan fingerprint density at radius 3 is 2.45 bits per heavy atom. The molecular formula is C28H24ClNO3. The molecular weight excluding hydrogens is 434 g/mol. The van der Waals surface area contributed by atoms with Crippen molar-refractivity contribution in [1.82, 2.24) is 0 Å². The average Bonchev–Trinajstić information content (AvgIpc) is 3.09. The van der Waals surface area contributed by atoms with Gasteiger partial charge in [-0.2, -0.15) is 0 Å². The van der Waals surface area contributed by atoms with E-state index in [4.69, 9.17) is 11.6 Å². The molecule has 4 nitrogen and oxygen atoms in total. The highest BCUT2D eigenvalue weighted by molar-refractivity contribution is 6.51. The van der Waals surface area contributed by atoms with Gasteiger partial charge in [0.1, 0.15) is 5.76 Å². The zero-order valence-electron chi connectivity index (χ0n) is 18.3. The molecule has 1 aliphatic carbocycles. The summed E-state index contributed by atoms with van der Waals surface area (Å²) in [5.41, 5.74) is 5.42. The van der Waals surface area contributed by atoms with Crippen molar-refractivity contribution in [3.63, 3.8) is 0 Å². The number of hydrogen-bond acceptors (Lipinski definition) is 3. The lowest BCUT2D eigenvalue weighted by Gasteiger charge is -2.26. The van der Waals surface area contributed by atoms with Crippen molar-refractivity contribution in [2.75, 3.05) is 4.90 Å². The van der Waals surface area contributed by atoms with E-state index in [0.29, 0.717) is 16.3 Å². The van der Waals surface area contributed by atoms with Crippen molar-refractivity contribution in [2.24, 2.45) is 0 Å². The van der Waals surface area contributed by atoms with Gasteiger partial charge in [0, 0.05) is 16.3 Å². The lowest BCUT2D eigenvalue weighted by atomic mass is 9.88. The molecule has 1 unspecified atom stereocenters. The summed E-state index contributed by atoms with van der Waals surface area (Å²) in [4.78, 5) is 28.0. The largest absolute Gasteiger partial charge is 0.507 e. The minimum atomic E-state index is -0.751. The van der Waals surface area contributed by atoms with Crippen LogP contribution in [-0.2, 0) is 22.4 Å². The first-order valence-corrected chi connectivity index (χ1v) is 11.6. The average molecular weight is 458 g/mol. The summed E-state index contributed by atoms with van der Waals surface area (Å²) in [6, 6.07) is 19.6. The Labute approximate surface area is 198 Å². The van der Waals surface area contributed by atoms with Crippen LogP contribution in [-0.4, -0.2) is 16.8 Å². The van der Waals surface area contributed by atoms with Gasteiger partial charge >= 0.3 is 0 Å². The van der Waals surface area contributed by atoms with Crippen LogP contribution in [0, 0.1) is 6.92 Å². The lowest BCUT2D eigenvalue weighted by Crippen LogP contribution is -2.29. The number of aliphatic hydroxyl groups is 1. The first kappa shape index (κ1) is 21.5. The van der Waals surface area contributed by atoms with E-state index in [2.05, 4.69) is 0 Å². The van der Waals surface area contributed by atoms with Crippen LogP contribution in [0.1, 0.15) is 46.7 Å². The molecule has 1 N–H and O–H groups in total. The molecule has 2 aliphatic rings. The van der Waals surface area contributed by atoms with Crippen LogP contribution in [0.5, 0.6) is 0 Å². The van der Waals surface area contributed by atoms with Crippen molar-refractivity contribution in [3.8, 4) is 0 Å². The SMILES string of the molecule is Cc1cccc(C2/C(=C(/O)c3ccc4c(c3)CCCC4)C(=O)C(=O)N2c2cccc(Cl)c2)c1. The first-order valence-electron chi connectivity index (χ1n) is 11.2. The number of nitrogens with zero attached hydrogens (tertiary/aromatic N) is 1. The predicted octanol–water partition coefficient (Wildman–Crippen LogP) is 6.15. The summed E-state index contributed by atoms with van der Waals surface area (Å²) >= 11 is 6.20. The number of benzene rings is 3. The third-order valence-corrected chi connectivity index (χ3v) is 6.75. The fourth-order valence-electron chi connectivity index (χ4n) is 4.92. The number of ketones is 1. The molecule has 0 bridgehead atoms. The molecule has 166 valence electrons. The van der Waals surface area contributed by atoms with Crippen molar-refractivity contribution in [2.45, 2.75) is 38.6 Å². The Bertz CT molecular complexity index is 1310. The van der Waals surface area contributed by atoms with Gasteiger partial charge in [0.25, 0.3) is 11.7 Å². The number of anilines is 1. The maximum atomic E-state index is 13.3. The van der Waals surface area contributed by atoms with Crippen molar-refractivity contribution in [3.05, 3.63) is 105 Å². The second-order valence-electron chi connectivity index (χ2n) is 8.75. The van der Waals surface area contributed by atoms with Crippen LogP contribution >= 0.6 is 11.6 Å². The summed E-state index contributed by atoms with van der Waals surface area (Å²) in [6.07, 6.45) is 4.25. The number of carbonyl (C=O) groups excluding carboxylic acids is 2. The van der Waals surface area contributed by atoms with Crippen LogP contribution in [0.15, 0.2) is 72.3 Å². The van der Waals surface area contributed by atoms with Crippen molar-refractivity contribution < 1.29 is 14.7 Å². The quantitative estimate of drug-likeness (QED) is 0.291. The molecule has 1 saturated heterocycles. The molecule has 3 aromatic carbocycles. The second-order valence-corrected chi connectivity index (χ2v) is 9.19. The third kappa shape index (κ3) is 3.85. The van der Waals surface area contributed by atoms with Gasteiger partial charge in [0.2, 0.25) is 0 Å². The van der Waals surface area contributed by atoms with Crippen LogP contribution in [0.25, 0.3) is 5.76 Å². The summed E-state index contributed by atoms with van der Waals surface area (Å²) in [5, 5.41) is 11.8. The number of aryl methyl sites for hydroxylation is 3. The minimum Gasteiger partial charge on any atom is -0.507 e. The minimum absolute atomic E-state index is 0.0985. The summed E-state index contributed by atoms with van der Waals surface area (Å²) in [5.74, 6) is -1.52. The zero-order chi connectivity index (χ0) is 23.1. The Hall–Kier alpha value is -3.37. The maximum Gasteiger partial charge on any atom is 0.300 e. The Morgan fingerprint density at radius 2 is 1.70 bits per heavy atom. The smallest absolute Gasteiger partial charge is 0.300 e. The first-order chi connectivity index (χ1) is 15.9. The number of carbonyl (C=O) groups is 2. The topological polar surface area (TPSA) is 57.6 Å². The van der Waals surface area contributed by atoms with Crippen LogP contribution in [0.4, 0.5) is 5.69 Å². The third-order valence-electron chi connectivity index (χ3n) is 6.51. The summed E-state index contributed by atoms with van der Waals surface area (Å²) in [7, 11) is 0. The number of amides is 1. The van der Waals surface area contributed by atoms with Gasteiger partial charge in [-0.15, -0.1) is 0 Å². The van der Waals surface area contributed by atoms with Crippen LogP contribution < -0.4 is 4.90 Å². The molecule has 0 saturated carbocycles. The number of halogens is 1. The van der Waals surface area contributed by atoms with Crippen molar-refractivity contribution in [1.29, 1.82) is 0 Å². The van der Waals surface area contributed by atoms with E-state index in [1.54, 1.807) is 24.3 Å². The second kappa shape index (κ2) is 8.53.